The van der Waals surface area contributed by atoms with Gasteiger partial charge in [-0.1, -0.05) is 6.07 Å². The Hall–Kier alpha value is -2.21. The highest BCUT2D eigenvalue weighted by Crippen LogP contribution is 2.29. The Labute approximate surface area is 143 Å². The topological polar surface area (TPSA) is 60.3 Å². The number of aryl methyl sites for hydroxylation is 1. The second-order valence-corrected chi connectivity index (χ2v) is 6.34. The maximum atomic E-state index is 5.50. The lowest BCUT2D eigenvalue weighted by Gasteiger charge is -2.27. The first-order valence-corrected chi connectivity index (χ1v) is 8.34. The average Bonchev–Trinajstić information content (AvgIpc) is 2.98. The Kier molecular flexibility index (Phi) is 4.94. The van der Waals surface area contributed by atoms with E-state index in [4.69, 9.17) is 9.47 Å². The predicted molar refractivity (Wildman–Crippen MR) is 94.9 cm³/mol. The number of hydrogen-bond donors (Lipinski definition) is 2. The molecular formula is C18H26N4O2. The highest BCUT2D eigenvalue weighted by molar-refractivity contribution is 5.42. The molecular weight excluding hydrogens is 304 g/mol. The number of rotatable bonds is 6. The second-order valence-electron chi connectivity index (χ2n) is 6.34. The molecule has 6 heteroatoms. The van der Waals surface area contributed by atoms with E-state index < -0.39 is 0 Å². The Morgan fingerprint density at radius 3 is 2.92 bits per heavy atom. The van der Waals surface area contributed by atoms with E-state index in [-0.39, 0.29) is 6.04 Å². The number of fused-ring (bicyclic) bond motifs is 1. The lowest BCUT2D eigenvalue weighted by atomic mass is 10.0. The van der Waals surface area contributed by atoms with Crippen LogP contribution in [0.1, 0.15) is 24.2 Å². The number of aromatic nitrogens is 2. The summed E-state index contributed by atoms with van der Waals surface area (Å²) in [7, 11) is 3.36. The van der Waals surface area contributed by atoms with Crippen LogP contribution in [0.3, 0.4) is 0 Å². The van der Waals surface area contributed by atoms with Crippen molar-refractivity contribution in [2.75, 3.05) is 32.6 Å². The quantitative estimate of drug-likeness (QED) is 0.852. The fourth-order valence-electron chi connectivity index (χ4n) is 3.15. The molecule has 0 radical (unpaired) electrons. The Morgan fingerprint density at radius 2 is 2.17 bits per heavy atom. The van der Waals surface area contributed by atoms with Gasteiger partial charge in [-0.05, 0) is 19.9 Å². The van der Waals surface area contributed by atoms with Crippen LogP contribution in [0, 0.1) is 12.8 Å². The van der Waals surface area contributed by atoms with E-state index in [1.807, 2.05) is 19.1 Å². The largest absolute Gasteiger partial charge is 0.497 e. The van der Waals surface area contributed by atoms with Crippen LogP contribution in [0.4, 0.5) is 5.82 Å². The number of ether oxygens (including phenoxy) is 2. The fourth-order valence-corrected chi connectivity index (χ4v) is 3.15. The monoisotopic (exact) mass is 330 g/mol. The van der Waals surface area contributed by atoms with Gasteiger partial charge in [0.15, 0.2) is 0 Å². The number of anilines is 1. The third-order valence-electron chi connectivity index (χ3n) is 4.52. The van der Waals surface area contributed by atoms with Gasteiger partial charge in [0.25, 0.3) is 0 Å². The van der Waals surface area contributed by atoms with Crippen molar-refractivity contribution >= 4 is 5.82 Å². The van der Waals surface area contributed by atoms with Crippen LogP contribution < -0.4 is 20.1 Å². The van der Waals surface area contributed by atoms with Gasteiger partial charge in [-0.15, -0.1) is 0 Å². The van der Waals surface area contributed by atoms with Crippen LogP contribution in [-0.4, -0.2) is 37.1 Å². The lowest BCUT2D eigenvalue weighted by Crippen LogP contribution is -2.36. The van der Waals surface area contributed by atoms with Crippen molar-refractivity contribution in [1.82, 2.24) is 15.1 Å². The Morgan fingerprint density at radius 1 is 1.33 bits per heavy atom. The zero-order valence-electron chi connectivity index (χ0n) is 14.8. The molecule has 0 saturated heterocycles. The van der Waals surface area contributed by atoms with Gasteiger partial charge in [0.1, 0.15) is 17.3 Å². The molecule has 2 N–H and O–H groups in total. The van der Waals surface area contributed by atoms with Crippen LogP contribution in [-0.2, 0) is 6.54 Å². The SMILES string of the molecule is COc1ccc([C@H](C)NC[C@@H]2CNc3cc(C)nn3C2)c(OC)c1. The van der Waals surface area contributed by atoms with E-state index >= 15 is 0 Å². The minimum Gasteiger partial charge on any atom is -0.497 e. The zero-order valence-corrected chi connectivity index (χ0v) is 14.8. The molecule has 24 heavy (non-hydrogen) atoms. The maximum absolute atomic E-state index is 5.50. The predicted octanol–water partition coefficient (Wildman–Crippen LogP) is 2.60. The summed E-state index contributed by atoms with van der Waals surface area (Å²) in [6.07, 6.45) is 0. The standard InChI is InChI=1S/C18H26N4O2/c1-12-7-18-20-10-14(11-22(18)21-12)9-19-13(2)16-6-5-15(23-3)8-17(16)24-4/h5-8,13-14,19-20H,9-11H2,1-4H3/t13-,14+/m0/s1. The third-order valence-corrected chi connectivity index (χ3v) is 4.52. The van der Waals surface area contributed by atoms with E-state index in [0.717, 1.165) is 48.2 Å². The van der Waals surface area contributed by atoms with E-state index in [1.165, 1.54) is 0 Å². The molecule has 2 aromatic rings. The summed E-state index contributed by atoms with van der Waals surface area (Å²) in [6.45, 7) is 7.00. The molecule has 0 unspecified atom stereocenters. The second kappa shape index (κ2) is 7.13. The molecule has 1 aromatic carbocycles. The molecule has 130 valence electrons. The molecule has 0 saturated carbocycles. The minimum absolute atomic E-state index is 0.201. The van der Waals surface area contributed by atoms with Crippen molar-refractivity contribution in [3.05, 3.63) is 35.5 Å². The van der Waals surface area contributed by atoms with Crippen LogP contribution in [0.25, 0.3) is 0 Å². The molecule has 1 aliphatic heterocycles. The molecule has 1 aliphatic rings. The summed E-state index contributed by atoms with van der Waals surface area (Å²) in [5.41, 5.74) is 2.19. The summed E-state index contributed by atoms with van der Waals surface area (Å²) in [5, 5.41) is 11.6. The van der Waals surface area contributed by atoms with Crippen LogP contribution in [0.5, 0.6) is 11.5 Å². The van der Waals surface area contributed by atoms with Gasteiger partial charge in [0.2, 0.25) is 0 Å². The molecule has 3 rings (SSSR count). The van der Waals surface area contributed by atoms with Gasteiger partial charge < -0.3 is 20.1 Å². The zero-order chi connectivity index (χ0) is 17.1. The molecule has 0 aliphatic carbocycles. The number of nitrogens with zero attached hydrogens (tertiary/aromatic N) is 2. The highest BCUT2D eigenvalue weighted by Gasteiger charge is 2.20. The molecule has 0 fully saturated rings. The fraction of sp³-hybridized carbons (Fsp3) is 0.500. The van der Waals surface area contributed by atoms with E-state index in [2.05, 4.69) is 39.5 Å². The van der Waals surface area contributed by atoms with Crippen LogP contribution in [0.2, 0.25) is 0 Å². The molecule has 1 aromatic heterocycles. The van der Waals surface area contributed by atoms with Crippen molar-refractivity contribution in [3.63, 3.8) is 0 Å². The molecule has 2 heterocycles. The Bertz CT molecular complexity index is 698. The lowest BCUT2D eigenvalue weighted by molar-refractivity contribution is 0.364. The summed E-state index contributed by atoms with van der Waals surface area (Å²) in [4.78, 5) is 0. The average molecular weight is 330 g/mol. The van der Waals surface area contributed by atoms with E-state index in [1.54, 1.807) is 14.2 Å². The van der Waals surface area contributed by atoms with Crippen LogP contribution in [0.15, 0.2) is 24.3 Å². The smallest absolute Gasteiger partial charge is 0.127 e. The number of methoxy groups -OCH3 is 2. The van der Waals surface area contributed by atoms with Crippen molar-refractivity contribution < 1.29 is 9.47 Å². The molecule has 0 bridgehead atoms. The molecule has 2 atom stereocenters. The number of benzene rings is 1. The van der Waals surface area contributed by atoms with Crippen LogP contribution >= 0.6 is 0 Å². The molecule has 0 spiro atoms. The van der Waals surface area contributed by atoms with Gasteiger partial charge in [0, 0.05) is 49.3 Å². The summed E-state index contributed by atoms with van der Waals surface area (Å²) >= 11 is 0. The van der Waals surface area contributed by atoms with E-state index in [9.17, 15) is 0 Å². The summed E-state index contributed by atoms with van der Waals surface area (Å²) in [5.74, 6) is 3.28. The van der Waals surface area contributed by atoms with Crippen molar-refractivity contribution in [3.8, 4) is 11.5 Å². The Balaban J connectivity index is 1.61. The van der Waals surface area contributed by atoms with Gasteiger partial charge in [0.05, 0.1) is 19.9 Å². The van der Waals surface area contributed by atoms with Crippen molar-refractivity contribution in [2.45, 2.75) is 26.4 Å². The minimum atomic E-state index is 0.201. The first kappa shape index (κ1) is 16.6. The third kappa shape index (κ3) is 3.48. The van der Waals surface area contributed by atoms with Gasteiger partial charge >= 0.3 is 0 Å². The molecule has 0 amide bonds. The van der Waals surface area contributed by atoms with Gasteiger partial charge in [-0.2, -0.15) is 5.10 Å². The highest BCUT2D eigenvalue weighted by atomic mass is 16.5. The normalized spacial score (nSPS) is 17.8. The van der Waals surface area contributed by atoms with Gasteiger partial charge in [-0.25, -0.2) is 4.68 Å². The number of nitrogens with one attached hydrogen (secondary N) is 2. The molecule has 6 nitrogen and oxygen atoms in total. The van der Waals surface area contributed by atoms with E-state index in [0.29, 0.717) is 5.92 Å². The first-order valence-electron chi connectivity index (χ1n) is 8.34. The van der Waals surface area contributed by atoms with Gasteiger partial charge in [-0.3, -0.25) is 0 Å². The summed E-state index contributed by atoms with van der Waals surface area (Å²) < 4.78 is 12.8. The first-order chi connectivity index (χ1) is 11.6. The maximum Gasteiger partial charge on any atom is 0.127 e. The number of hydrogen-bond acceptors (Lipinski definition) is 5. The van der Waals surface area contributed by atoms with Crippen molar-refractivity contribution in [2.24, 2.45) is 5.92 Å². The summed E-state index contributed by atoms with van der Waals surface area (Å²) in [6, 6.07) is 8.25. The van der Waals surface area contributed by atoms with Crippen molar-refractivity contribution in [1.29, 1.82) is 0 Å².